The van der Waals surface area contributed by atoms with E-state index in [1.807, 2.05) is 4.57 Å². The normalized spacial score (nSPS) is 18.5. The molecule has 1 aliphatic heterocycles. The Labute approximate surface area is 286 Å². The first-order valence-electron chi connectivity index (χ1n) is 16.1. The predicted octanol–water partition coefficient (Wildman–Crippen LogP) is 5.17. The van der Waals surface area contributed by atoms with Crippen LogP contribution in [0.2, 0.25) is 0 Å². The fourth-order valence-electron chi connectivity index (χ4n) is 5.82. The summed E-state index contributed by atoms with van der Waals surface area (Å²) in [6, 6.07) is 25.3. The first-order chi connectivity index (χ1) is 24.5. The minimum Gasteiger partial charge on any atom is -0.459 e. The number of ether oxygens (including phenoxy) is 4. The van der Waals surface area contributed by atoms with E-state index in [1.54, 1.807) is 108 Å². The SMILES string of the molecule is CCCc1nccn1-c1ncnc2c1ncn2[C@@H]1O[C@H](COC(=O)c2ccccc2)[C@@H](OC(=O)c2ccccc2)[C@H]1OC(=O)c1ccccc1. The van der Waals surface area contributed by atoms with Gasteiger partial charge in [-0.25, -0.2) is 34.3 Å². The third-order valence-electron chi connectivity index (χ3n) is 8.21. The Balaban J connectivity index is 1.28. The lowest BCUT2D eigenvalue weighted by Gasteiger charge is -2.25. The van der Waals surface area contributed by atoms with Crippen LogP contribution in [-0.4, -0.2) is 71.9 Å². The molecule has 4 heterocycles. The van der Waals surface area contributed by atoms with Crippen molar-refractivity contribution in [3.05, 3.63) is 139 Å². The van der Waals surface area contributed by atoms with Gasteiger partial charge in [0.05, 0.1) is 23.0 Å². The summed E-state index contributed by atoms with van der Waals surface area (Å²) < 4.78 is 27.8. The number of nitrogens with zero attached hydrogens (tertiary/aromatic N) is 6. The van der Waals surface area contributed by atoms with Crippen molar-refractivity contribution in [3.63, 3.8) is 0 Å². The molecular formula is C37H32N6O7. The molecule has 6 aromatic rings. The summed E-state index contributed by atoms with van der Waals surface area (Å²) in [4.78, 5) is 58.2. The van der Waals surface area contributed by atoms with Crippen LogP contribution in [0.3, 0.4) is 0 Å². The summed E-state index contributed by atoms with van der Waals surface area (Å²) in [6.45, 7) is 1.74. The van der Waals surface area contributed by atoms with Gasteiger partial charge in [0.2, 0.25) is 0 Å². The van der Waals surface area contributed by atoms with Gasteiger partial charge in [-0.05, 0) is 42.8 Å². The van der Waals surface area contributed by atoms with Crippen molar-refractivity contribution in [2.75, 3.05) is 6.61 Å². The van der Waals surface area contributed by atoms with Crippen LogP contribution in [0.1, 0.15) is 56.5 Å². The van der Waals surface area contributed by atoms with Crippen molar-refractivity contribution in [3.8, 4) is 5.82 Å². The van der Waals surface area contributed by atoms with Crippen molar-refractivity contribution < 1.29 is 33.3 Å². The molecular weight excluding hydrogens is 640 g/mol. The number of imidazole rings is 2. The number of carbonyl (C=O) groups excluding carboxylic acids is 3. The van der Waals surface area contributed by atoms with E-state index in [-0.39, 0.29) is 17.7 Å². The molecule has 0 spiro atoms. The van der Waals surface area contributed by atoms with Crippen molar-refractivity contribution in [2.45, 2.75) is 44.3 Å². The Hall–Kier alpha value is -6.21. The van der Waals surface area contributed by atoms with E-state index in [9.17, 15) is 14.4 Å². The maximum Gasteiger partial charge on any atom is 0.338 e. The average Bonchev–Trinajstić information content (AvgIpc) is 3.89. The van der Waals surface area contributed by atoms with Gasteiger partial charge >= 0.3 is 17.9 Å². The molecule has 1 aliphatic rings. The van der Waals surface area contributed by atoms with E-state index in [0.717, 1.165) is 18.7 Å². The summed E-state index contributed by atoms with van der Waals surface area (Å²) in [5.74, 6) is -0.636. The van der Waals surface area contributed by atoms with Gasteiger partial charge in [0.15, 0.2) is 35.4 Å². The Morgan fingerprint density at radius 2 is 1.34 bits per heavy atom. The van der Waals surface area contributed by atoms with Gasteiger partial charge in [-0.3, -0.25) is 9.13 Å². The third-order valence-corrected chi connectivity index (χ3v) is 8.21. The zero-order valence-electron chi connectivity index (χ0n) is 26.9. The molecule has 13 nitrogen and oxygen atoms in total. The maximum absolute atomic E-state index is 13.6. The van der Waals surface area contributed by atoms with E-state index in [1.165, 1.54) is 12.7 Å². The molecule has 0 aliphatic carbocycles. The fourth-order valence-corrected chi connectivity index (χ4v) is 5.82. The Morgan fingerprint density at radius 3 is 1.96 bits per heavy atom. The van der Waals surface area contributed by atoms with Crippen LogP contribution in [0.15, 0.2) is 116 Å². The molecule has 0 N–H and O–H groups in total. The standard InChI is InChI=1S/C37H32N6O7/c1-2-12-28-38-19-20-42(28)32-29-33(40-22-39-32)43(23-41-29)34-31(50-37(46)26-17-10-5-11-18-26)30(49-36(45)25-15-8-4-9-16-25)27(48-34)21-47-35(44)24-13-6-3-7-14-24/h3-11,13-20,22-23,27,30-31,34H,2,12,21H2,1H3/t27-,30-,31-,34-/m1/s1. The number of aryl methyl sites for hydroxylation is 1. The third kappa shape index (κ3) is 6.58. The number of aromatic nitrogens is 6. The highest BCUT2D eigenvalue weighted by atomic mass is 16.7. The molecule has 50 heavy (non-hydrogen) atoms. The molecule has 3 aromatic carbocycles. The van der Waals surface area contributed by atoms with E-state index >= 15 is 0 Å². The summed E-state index contributed by atoms with van der Waals surface area (Å²) in [6.07, 6.45) is 3.39. The Kier molecular flexibility index (Phi) is 9.38. The second kappa shape index (κ2) is 14.5. The van der Waals surface area contributed by atoms with Gasteiger partial charge in [-0.2, -0.15) is 0 Å². The van der Waals surface area contributed by atoms with E-state index < -0.39 is 42.4 Å². The first kappa shape index (κ1) is 32.3. The molecule has 0 saturated carbocycles. The lowest BCUT2D eigenvalue weighted by Crippen LogP contribution is -2.41. The molecule has 4 atom stereocenters. The zero-order valence-corrected chi connectivity index (χ0v) is 26.9. The number of fused-ring (bicyclic) bond motifs is 1. The Morgan fingerprint density at radius 1 is 0.740 bits per heavy atom. The van der Waals surface area contributed by atoms with Gasteiger partial charge in [-0.15, -0.1) is 0 Å². The molecule has 0 unspecified atom stereocenters. The lowest BCUT2D eigenvalue weighted by atomic mass is 10.1. The van der Waals surface area contributed by atoms with Crippen molar-refractivity contribution in [1.29, 1.82) is 0 Å². The second-order valence-corrected chi connectivity index (χ2v) is 11.5. The number of hydrogen-bond acceptors (Lipinski definition) is 11. The van der Waals surface area contributed by atoms with Crippen LogP contribution in [0.4, 0.5) is 0 Å². The van der Waals surface area contributed by atoms with Crippen LogP contribution < -0.4 is 0 Å². The average molecular weight is 673 g/mol. The summed E-state index contributed by atoms with van der Waals surface area (Å²) in [7, 11) is 0. The summed E-state index contributed by atoms with van der Waals surface area (Å²) >= 11 is 0. The van der Waals surface area contributed by atoms with Crippen LogP contribution in [-0.2, 0) is 25.4 Å². The van der Waals surface area contributed by atoms with Gasteiger partial charge in [0, 0.05) is 18.8 Å². The van der Waals surface area contributed by atoms with Crippen LogP contribution in [0.5, 0.6) is 0 Å². The fraction of sp³-hybridized carbons (Fsp3) is 0.216. The van der Waals surface area contributed by atoms with Gasteiger partial charge in [-0.1, -0.05) is 61.5 Å². The minimum atomic E-state index is -1.23. The first-order valence-corrected chi connectivity index (χ1v) is 16.1. The van der Waals surface area contributed by atoms with Crippen molar-refractivity contribution in [1.82, 2.24) is 29.1 Å². The van der Waals surface area contributed by atoms with Gasteiger partial charge in [0.25, 0.3) is 0 Å². The molecule has 0 amide bonds. The van der Waals surface area contributed by atoms with Crippen LogP contribution in [0, 0.1) is 0 Å². The van der Waals surface area contributed by atoms with Crippen molar-refractivity contribution in [2.24, 2.45) is 0 Å². The highest BCUT2D eigenvalue weighted by molar-refractivity contribution is 5.91. The monoisotopic (exact) mass is 672 g/mol. The molecule has 13 heteroatoms. The van der Waals surface area contributed by atoms with Gasteiger partial charge in [0.1, 0.15) is 24.9 Å². The van der Waals surface area contributed by atoms with E-state index in [4.69, 9.17) is 18.9 Å². The lowest BCUT2D eigenvalue weighted by molar-refractivity contribution is -0.0606. The highest BCUT2D eigenvalue weighted by Crippen LogP contribution is 2.37. The molecule has 7 rings (SSSR count). The summed E-state index contributed by atoms with van der Waals surface area (Å²) in [5, 5.41) is 0. The Bertz CT molecular complexity index is 2100. The summed E-state index contributed by atoms with van der Waals surface area (Å²) in [5.41, 5.74) is 1.70. The molecule has 1 fully saturated rings. The largest absolute Gasteiger partial charge is 0.459 e. The highest BCUT2D eigenvalue weighted by Gasteiger charge is 2.52. The van der Waals surface area contributed by atoms with Gasteiger partial charge < -0.3 is 18.9 Å². The van der Waals surface area contributed by atoms with E-state index in [0.29, 0.717) is 22.5 Å². The molecule has 3 aromatic heterocycles. The molecule has 252 valence electrons. The second-order valence-electron chi connectivity index (χ2n) is 11.5. The number of rotatable bonds is 11. The maximum atomic E-state index is 13.6. The minimum absolute atomic E-state index is 0.276. The smallest absolute Gasteiger partial charge is 0.338 e. The number of benzene rings is 3. The molecule has 0 bridgehead atoms. The van der Waals surface area contributed by atoms with E-state index in [2.05, 4.69) is 26.9 Å². The number of hydrogen-bond donors (Lipinski definition) is 0. The predicted molar refractivity (Wildman–Crippen MR) is 178 cm³/mol. The van der Waals surface area contributed by atoms with Crippen LogP contribution in [0.25, 0.3) is 17.0 Å². The molecule has 0 radical (unpaired) electrons. The van der Waals surface area contributed by atoms with Crippen molar-refractivity contribution >= 4 is 29.1 Å². The quantitative estimate of drug-likeness (QED) is 0.133. The van der Waals surface area contributed by atoms with Crippen LogP contribution >= 0.6 is 0 Å². The topological polar surface area (TPSA) is 150 Å². The zero-order chi connectivity index (χ0) is 34.5. The molecule has 1 saturated heterocycles. The number of esters is 3. The number of carbonyl (C=O) groups is 3.